The lowest BCUT2D eigenvalue weighted by Crippen LogP contribution is -2.40. The molecule has 112 valence electrons. The van der Waals surface area contributed by atoms with E-state index in [2.05, 4.69) is 10.6 Å². The molecule has 1 aromatic rings. The fourth-order valence-corrected chi connectivity index (χ4v) is 2.88. The summed E-state index contributed by atoms with van der Waals surface area (Å²) in [4.78, 5) is 13.1. The standard InChI is InChI=1S/C14H20N2O2S.ClH/c1-10(14(17)16-11-7-8-15-9-11)19-13-5-3-12(18-2)4-6-13;/h3-6,10-11,15H,7-9H2,1-2H3,(H,16,17);1H. The van der Waals surface area contributed by atoms with E-state index in [0.29, 0.717) is 0 Å². The predicted octanol–water partition coefficient (Wildman–Crippen LogP) is 2.08. The van der Waals surface area contributed by atoms with E-state index in [9.17, 15) is 4.79 Å². The summed E-state index contributed by atoms with van der Waals surface area (Å²) < 4.78 is 5.11. The minimum atomic E-state index is -0.0889. The van der Waals surface area contributed by atoms with Crippen LogP contribution in [0.4, 0.5) is 0 Å². The summed E-state index contributed by atoms with van der Waals surface area (Å²) in [6.07, 6.45) is 1.02. The van der Waals surface area contributed by atoms with Crippen molar-refractivity contribution < 1.29 is 9.53 Å². The maximum Gasteiger partial charge on any atom is 0.233 e. The molecule has 1 amide bonds. The summed E-state index contributed by atoms with van der Waals surface area (Å²) >= 11 is 1.57. The molecule has 2 N–H and O–H groups in total. The van der Waals surface area contributed by atoms with E-state index in [1.165, 1.54) is 0 Å². The number of rotatable bonds is 5. The van der Waals surface area contributed by atoms with Gasteiger partial charge in [0, 0.05) is 17.5 Å². The lowest BCUT2D eigenvalue weighted by molar-refractivity contribution is -0.120. The molecule has 2 rings (SSSR count). The summed E-state index contributed by atoms with van der Waals surface area (Å²) in [6.45, 7) is 3.81. The summed E-state index contributed by atoms with van der Waals surface area (Å²) in [5.74, 6) is 0.938. The number of hydrogen-bond acceptors (Lipinski definition) is 4. The molecule has 1 aromatic carbocycles. The summed E-state index contributed by atoms with van der Waals surface area (Å²) in [5.41, 5.74) is 0. The third kappa shape index (κ3) is 4.89. The Morgan fingerprint density at radius 3 is 2.70 bits per heavy atom. The van der Waals surface area contributed by atoms with Gasteiger partial charge in [-0.15, -0.1) is 24.2 Å². The molecule has 1 heterocycles. The van der Waals surface area contributed by atoms with Crippen molar-refractivity contribution >= 4 is 30.1 Å². The molecule has 1 aliphatic heterocycles. The second kappa shape index (κ2) is 8.39. The van der Waals surface area contributed by atoms with Crippen LogP contribution < -0.4 is 15.4 Å². The molecule has 0 bridgehead atoms. The van der Waals surface area contributed by atoms with E-state index in [-0.39, 0.29) is 29.6 Å². The minimum absolute atomic E-state index is 0. The monoisotopic (exact) mass is 316 g/mol. The van der Waals surface area contributed by atoms with Crippen molar-refractivity contribution in [2.45, 2.75) is 29.5 Å². The van der Waals surface area contributed by atoms with E-state index in [4.69, 9.17) is 4.74 Å². The van der Waals surface area contributed by atoms with Crippen LogP contribution in [0.25, 0.3) is 0 Å². The zero-order valence-electron chi connectivity index (χ0n) is 11.7. The smallest absolute Gasteiger partial charge is 0.233 e. The molecular formula is C14H21ClN2O2S. The Hall–Kier alpha value is -0.910. The number of methoxy groups -OCH3 is 1. The SMILES string of the molecule is COc1ccc(SC(C)C(=O)NC2CCNC2)cc1.Cl. The predicted molar refractivity (Wildman–Crippen MR) is 85.0 cm³/mol. The first kappa shape index (κ1) is 17.1. The first-order chi connectivity index (χ1) is 9.19. The van der Waals surface area contributed by atoms with Crippen molar-refractivity contribution in [3.63, 3.8) is 0 Å². The number of thioether (sulfide) groups is 1. The van der Waals surface area contributed by atoms with Crippen molar-refractivity contribution in [2.24, 2.45) is 0 Å². The molecule has 20 heavy (non-hydrogen) atoms. The van der Waals surface area contributed by atoms with Crippen LogP contribution in [0.15, 0.2) is 29.2 Å². The molecule has 0 saturated carbocycles. The third-order valence-electron chi connectivity index (χ3n) is 3.15. The highest BCUT2D eigenvalue weighted by atomic mass is 35.5. The molecule has 6 heteroatoms. The van der Waals surface area contributed by atoms with E-state index < -0.39 is 0 Å². The molecule has 4 nitrogen and oxygen atoms in total. The van der Waals surface area contributed by atoms with Crippen LogP contribution in [-0.4, -0.2) is 37.4 Å². The number of nitrogens with one attached hydrogen (secondary N) is 2. The largest absolute Gasteiger partial charge is 0.497 e. The highest BCUT2D eigenvalue weighted by Gasteiger charge is 2.20. The summed E-state index contributed by atoms with van der Waals surface area (Å²) in [7, 11) is 1.65. The molecule has 0 aromatic heterocycles. The van der Waals surface area contributed by atoms with Gasteiger partial charge in [0.2, 0.25) is 5.91 Å². The van der Waals surface area contributed by atoms with Crippen molar-refractivity contribution in [2.75, 3.05) is 20.2 Å². The van der Waals surface area contributed by atoms with Crippen molar-refractivity contribution in [3.05, 3.63) is 24.3 Å². The van der Waals surface area contributed by atoms with Gasteiger partial charge in [-0.3, -0.25) is 4.79 Å². The van der Waals surface area contributed by atoms with Crippen LogP contribution in [-0.2, 0) is 4.79 Å². The van der Waals surface area contributed by atoms with Crippen molar-refractivity contribution in [1.82, 2.24) is 10.6 Å². The summed E-state index contributed by atoms with van der Waals surface area (Å²) in [5, 5.41) is 6.23. The molecule has 1 aliphatic rings. The van der Waals surface area contributed by atoms with Gasteiger partial charge in [0.05, 0.1) is 12.4 Å². The van der Waals surface area contributed by atoms with Crippen LogP contribution in [0.2, 0.25) is 0 Å². The van der Waals surface area contributed by atoms with Gasteiger partial charge in [-0.05, 0) is 44.2 Å². The zero-order valence-corrected chi connectivity index (χ0v) is 13.4. The number of carbonyl (C=O) groups excluding carboxylic acids is 1. The Kier molecular flexibility index (Phi) is 7.19. The second-order valence-electron chi connectivity index (χ2n) is 4.63. The van der Waals surface area contributed by atoms with Gasteiger partial charge in [-0.25, -0.2) is 0 Å². The molecule has 2 atom stereocenters. The lowest BCUT2D eigenvalue weighted by Gasteiger charge is -2.16. The Bertz CT molecular complexity index is 422. The Balaban J connectivity index is 0.00000200. The van der Waals surface area contributed by atoms with Gasteiger partial charge in [-0.2, -0.15) is 0 Å². The van der Waals surface area contributed by atoms with Crippen LogP contribution >= 0.6 is 24.2 Å². The first-order valence-electron chi connectivity index (χ1n) is 6.51. The molecule has 2 unspecified atom stereocenters. The Morgan fingerprint density at radius 1 is 1.45 bits per heavy atom. The molecule has 0 radical (unpaired) electrons. The fraction of sp³-hybridized carbons (Fsp3) is 0.500. The summed E-state index contributed by atoms with van der Waals surface area (Å²) in [6, 6.07) is 8.06. The van der Waals surface area contributed by atoms with Gasteiger partial charge in [-0.1, -0.05) is 0 Å². The van der Waals surface area contributed by atoms with Gasteiger partial charge in [0.15, 0.2) is 0 Å². The minimum Gasteiger partial charge on any atom is -0.497 e. The van der Waals surface area contributed by atoms with Crippen LogP contribution in [0.5, 0.6) is 5.75 Å². The number of hydrogen-bond donors (Lipinski definition) is 2. The van der Waals surface area contributed by atoms with Crippen LogP contribution in [0.1, 0.15) is 13.3 Å². The van der Waals surface area contributed by atoms with E-state index in [1.54, 1.807) is 18.9 Å². The topological polar surface area (TPSA) is 50.4 Å². The third-order valence-corrected chi connectivity index (χ3v) is 4.26. The van der Waals surface area contributed by atoms with Gasteiger partial charge >= 0.3 is 0 Å². The number of ether oxygens (including phenoxy) is 1. The highest BCUT2D eigenvalue weighted by molar-refractivity contribution is 8.00. The van der Waals surface area contributed by atoms with Crippen molar-refractivity contribution in [1.29, 1.82) is 0 Å². The van der Waals surface area contributed by atoms with E-state index in [1.807, 2.05) is 31.2 Å². The quantitative estimate of drug-likeness (QED) is 0.817. The average molecular weight is 317 g/mol. The molecule has 1 saturated heterocycles. The average Bonchev–Trinajstić information content (AvgIpc) is 2.92. The zero-order chi connectivity index (χ0) is 13.7. The van der Waals surface area contributed by atoms with Gasteiger partial charge in [0.25, 0.3) is 0 Å². The normalized spacial score (nSPS) is 19.0. The lowest BCUT2D eigenvalue weighted by atomic mass is 10.2. The number of carbonyl (C=O) groups is 1. The molecule has 0 aliphatic carbocycles. The number of benzene rings is 1. The Labute approximate surface area is 130 Å². The van der Waals surface area contributed by atoms with E-state index >= 15 is 0 Å². The maximum absolute atomic E-state index is 12.0. The number of amides is 1. The van der Waals surface area contributed by atoms with Crippen molar-refractivity contribution in [3.8, 4) is 5.75 Å². The fourth-order valence-electron chi connectivity index (χ4n) is 2.01. The van der Waals surface area contributed by atoms with Gasteiger partial charge in [0.1, 0.15) is 5.75 Å². The first-order valence-corrected chi connectivity index (χ1v) is 7.39. The number of halogens is 1. The maximum atomic E-state index is 12.0. The molecule has 1 fully saturated rings. The van der Waals surface area contributed by atoms with E-state index in [0.717, 1.165) is 30.2 Å². The van der Waals surface area contributed by atoms with Crippen LogP contribution in [0, 0.1) is 0 Å². The molecule has 0 spiro atoms. The van der Waals surface area contributed by atoms with Crippen LogP contribution in [0.3, 0.4) is 0 Å². The Morgan fingerprint density at radius 2 is 2.15 bits per heavy atom. The van der Waals surface area contributed by atoms with Gasteiger partial charge < -0.3 is 15.4 Å². The highest BCUT2D eigenvalue weighted by Crippen LogP contribution is 2.25. The second-order valence-corrected chi connectivity index (χ2v) is 6.05. The molecular weight excluding hydrogens is 296 g/mol.